The van der Waals surface area contributed by atoms with Crippen molar-refractivity contribution in [3.8, 4) is 39.1 Å². The molecule has 0 radical (unpaired) electrons. The van der Waals surface area contributed by atoms with Gasteiger partial charge in [-0.3, -0.25) is 0 Å². The van der Waals surface area contributed by atoms with Crippen LogP contribution in [-0.2, 0) is 0 Å². The molecule has 0 aliphatic carbocycles. The number of rotatable bonds is 4. The lowest BCUT2D eigenvalue weighted by Crippen LogP contribution is -1.95. The van der Waals surface area contributed by atoms with Crippen LogP contribution < -0.4 is 0 Å². The molecule has 3 heteroatoms. The molecule has 0 fully saturated rings. The van der Waals surface area contributed by atoms with E-state index in [0.717, 1.165) is 16.8 Å². The van der Waals surface area contributed by atoms with E-state index in [1.807, 2.05) is 12.4 Å². The van der Waals surface area contributed by atoms with Gasteiger partial charge in [-0.25, -0.2) is 9.97 Å². The molecule has 0 atom stereocenters. The zero-order chi connectivity index (χ0) is 30.9. The Morgan fingerprint density at radius 1 is 0.383 bits per heavy atom. The largest absolute Gasteiger partial charge is 0.309 e. The molecular formula is C44H27N3. The summed E-state index contributed by atoms with van der Waals surface area (Å²) in [6.07, 6.45) is 5.29. The van der Waals surface area contributed by atoms with Crippen LogP contribution in [0.15, 0.2) is 164 Å². The number of para-hydroxylation sites is 2. The first-order chi connectivity index (χ1) is 23.3. The van der Waals surface area contributed by atoms with Crippen molar-refractivity contribution in [2.24, 2.45) is 0 Å². The van der Waals surface area contributed by atoms with E-state index in [9.17, 15) is 0 Å². The zero-order valence-electron chi connectivity index (χ0n) is 25.4. The third kappa shape index (κ3) is 3.93. The minimum Gasteiger partial charge on any atom is -0.309 e. The summed E-state index contributed by atoms with van der Waals surface area (Å²) >= 11 is 0. The lowest BCUT2D eigenvalue weighted by molar-refractivity contribution is 1.17. The molecule has 0 saturated heterocycles. The Bertz CT molecular complexity index is 2710. The second kappa shape index (κ2) is 10.1. The Hall–Kier alpha value is -6.32. The summed E-state index contributed by atoms with van der Waals surface area (Å²) in [7, 11) is 0. The molecule has 2 aromatic heterocycles. The van der Waals surface area contributed by atoms with Gasteiger partial charge in [-0.05, 0) is 90.5 Å². The summed E-state index contributed by atoms with van der Waals surface area (Å²) in [6, 6.07) is 53.4. The average molecular weight is 598 g/mol. The van der Waals surface area contributed by atoms with Crippen molar-refractivity contribution in [2.75, 3.05) is 0 Å². The standard InChI is InChI=1S/C44H27N3/c1-3-13-41-35(11-1)36-12-2-4-14-42(36)47(41)34-10-6-9-32(23-34)40-24-39(29-17-15-28(16-18-29)33-25-45-27-46-26-33)37-21-19-30-7-5-8-31-20-22-38(40)44(37)43(30)31/h1-27H. The monoisotopic (exact) mass is 597 g/mol. The molecule has 47 heavy (non-hydrogen) atoms. The maximum absolute atomic E-state index is 4.22. The van der Waals surface area contributed by atoms with Gasteiger partial charge in [0.1, 0.15) is 6.33 Å². The fourth-order valence-corrected chi connectivity index (χ4v) is 7.61. The number of benzene rings is 8. The predicted octanol–water partition coefficient (Wildman–Crippen LogP) is 11.5. The summed E-state index contributed by atoms with van der Waals surface area (Å²) in [4.78, 5) is 8.44. The first-order valence-corrected chi connectivity index (χ1v) is 16.0. The Labute approximate surface area is 271 Å². The highest BCUT2D eigenvalue weighted by Gasteiger charge is 2.18. The van der Waals surface area contributed by atoms with Gasteiger partial charge in [-0.1, -0.05) is 115 Å². The number of aromatic nitrogens is 3. The van der Waals surface area contributed by atoms with Crippen LogP contribution in [0.2, 0.25) is 0 Å². The fraction of sp³-hybridized carbons (Fsp3) is 0. The number of hydrogen-bond acceptors (Lipinski definition) is 2. The molecule has 8 aromatic carbocycles. The van der Waals surface area contributed by atoms with Crippen molar-refractivity contribution in [3.63, 3.8) is 0 Å². The normalized spacial score (nSPS) is 11.8. The summed E-state index contributed by atoms with van der Waals surface area (Å²) < 4.78 is 2.40. The van der Waals surface area contributed by atoms with Crippen LogP contribution in [0.1, 0.15) is 0 Å². The topological polar surface area (TPSA) is 30.7 Å². The molecule has 0 aliphatic heterocycles. The van der Waals surface area contributed by atoms with Gasteiger partial charge >= 0.3 is 0 Å². The molecule has 0 saturated carbocycles. The van der Waals surface area contributed by atoms with E-state index in [0.29, 0.717) is 0 Å². The van der Waals surface area contributed by atoms with Gasteiger partial charge in [-0.15, -0.1) is 0 Å². The molecular weight excluding hydrogens is 571 g/mol. The van der Waals surface area contributed by atoms with Gasteiger partial charge in [0, 0.05) is 34.4 Å². The maximum atomic E-state index is 4.22. The molecule has 0 bridgehead atoms. The molecule has 0 aliphatic rings. The van der Waals surface area contributed by atoms with Crippen molar-refractivity contribution in [2.45, 2.75) is 0 Å². The van der Waals surface area contributed by atoms with E-state index in [1.54, 1.807) is 6.33 Å². The van der Waals surface area contributed by atoms with Crippen LogP contribution >= 0.6 is 0 Å². The van der Waals surface area contributed by atoms with Gasteiger partial charge in [0.25, 0.3) is 0 Å². The van der Waals surface area contributed by atoms with E-state index >= 15 is 0 Å². The van der Waals surface area contributed by atoms with Crippen molar-refractivity contribution in [3.05, 3.63) is 164 Å². The molecule has 0 spiro atoms. The number of hydrogen-bond donors (Lipinski definition) is 0. The minimum atomic E-state index is 1.01. The smallest absolute Gasteiger partial charge is 0.115 e. The van der Waals surface area contributed by atoms with Crippen molar-refractivity contribution in [1.82, 2.24) is 14.5 Å². The summed E-state index contributed by atoms with van der Waals surface area (Å²) in [5.41, 5.74) is 10.5. The van der Waals surface area contributed by atoms with E-state index in [4.69, 9.17) is 0 Å². The molecule has 0 amide bonds. The van der Waals surface area contributed by atoms with E-state index in [1.165, 1.54) is 76.4 Å². The van der Waals surface area contributed by atoms with Gasteiger partial charge in [0.2, 0.25) is 0 Å². The molecule has 3 nitrogen and oxygen atoms in total. The Balaban J connectivity index is 1.24. The SMILES string of the molecule is c1cc(-c2cc(-c3ccc(-c4cncnc4)cc3)c3ccc4cccc5ccc2c3c45)cc(-n2c3ccccc3c3ccccc32)c1. The fourth-order valence-electron chi connectivity index (χ4n) is 7.61. The average Bonchev–Trinajstić information content (AvgIpc) is 3.49. The Morgan fingerprint density at radius 2 is 0.979 bits per heavy atom. The van der Waals surface area contributed by atoms with Gasteiger partial charge in [-0.2, -0.15) is 0 Å². The Morgan fingerprint density at radius 3 is 1.66 bits per heavy atom. The van der Waals surface area contributed by atoms with Crippen molar-refractivity contribution >= 4 is 54.1 Å². The second-order valence-corrected chi connectivity index (χ2v) is 12.3. The van der Waals surface area contributed by atoms with E-state index in [2.05, 4.69) is 160 Å². The van der Waals surface area contributed by atoms with Gasteiger partial charge in [0.05, 0.1) is 11.0 Å². The molecule has 2 heterocycles. The van der Waals surface area contributed by atoms with Crippen LogP contribution in [0.4, 0.5) is 0 Å². The third-order valence-electron chi connectivity index (χ3n) is 9.73. The number of nitrogens with zero attached hydrogens (tertiary/aromatic N) is 3. The zero-order valence-corrected chi connectivity index (χ0v) is 25.4. The first-order valence-electron chi connectivity index (χ1n) is 16.0. The van der Waals surface area contributed by atoms with Crippen LogP contribution in [0.3, 0.4) is 0 Å². The van der Waals surface area contributed by atoms with Crippen LogP contribution in [-0.4, -0.2) is 14.5 Å². The van der Waals surface area contributed by atoms with Crippen LogP contribution in [0, 0.1) is 0 Å². The highest BCUT2D eigenvalue weighted by molar-refractivity contribution is 6.28. The molecule has 218 valence electrons. The lowest BCUT2D eigenvalue weighted by atomic mass is 9.85. The minimum absolute atomic E-state index is 1.01. The third-order valence-corrected chi connectivity index (χ3v) is 9.73. The predicted molar refractivity (Wildman–Crippen MR) is 196 cm³/mol. The molecule has 10 aromatic rings. The Kier molecular flexibility index (Phi) is 5.57. The van der Waals surface area contributed by atoms with Crippen molar-refractivity contribution in [1.29, 1.82) is 0 Å². The van der Waals surface area contributed by atoms with Gasteiger partial charge in [0.15, 0.2) is 0 Å². The lowest BCUT2D eigenvalue weighted by Gasteiger charge is -2.19. The number of fused-ring (bicyclic) bond motifs is 3. The van der Waals surface area contributed by atoms with Crippen LogP contribution in [0.5, 0.6) is 0 Å². The highest BCUT2D eigenvalue weighted by atomic mass is 15.0. The highest BCUT2D eigenvalue weighted by Crippen LogP contribution is 2.44. The van der Waals surface area contributed by atoms with E-state index in [-0.39, 0.29) is 0 Å². The quantitative estimate of drug-likeness (QED) is 0.189. The summed E-state index contributed by atoms with van der Waals surface area (Å²) in [5, 5.41) is 10.2. The summed E-state index contributed by atoms with van der Waals surface area (Å²) in [6.45, 7) is 0. The molecule has 10 rings (SSSR count). The van der Waals surface area contributed by atoms with E-state index < -0.39 is 0 Å². The second-order valence-electron chi connectivity index (χ2n) is 12.3. The van der Waals surface area contributed by atoms with Crippen LogP contribution in [0.25, 0.3) is 93.2 Å². The van der Waals surface area contributed by atoms with Crippen molar-refractivity contribution < 1.29 is 0 Å². The first kappa shape index (κ1) is 26.0. The molecule has 0 unspecified atom stereocenters. The maximum Gasteiger partial charge on any atom is 0.115 e. The molecule has 0 N–H and O–H groups in total. The summed E-state index contributed by atoms with van der Waals surface area (Å²) in [5.74, 6) is 0. The van der Waals surface area contributed by atoms with Gasteiger partial charge < -0.3 is 4.57 Å².